The van der Waals surface area contributed by atoms with Crippen LogP contribution in [0.4, 0.5) is 34.1 Å². The van der Waals surface area contributed by atoms with Crippen LogP contribution in [0.15, 0.2) is 231 Å². The van der Waals surface area contributed by atoms with Gasteiger partial charge in [0.25, 0.3) is 0 Å². The first kappa shape index (κ1) is 41.1. The van der Waals surface area contributed by atoms with Gasteiger partial charge in [0.2, 0.25) is 0 Å². The summed E-state index contributed by atoms with van der Waals surface area (Å²) >= 11 is 0. The van der Waals surface area contributed by atoms with Crippen molar-refractivity contribution in [2.45, 2.75) is 50.4 Å². The number of anilines is 6. The molecular formula is C68H54N2. The van der Waals surface area contributed by atoms with Crippen molar-refractivity contribution < 1.29 is 0 Å². The highest BCUT2D eigenvalue weighted by Gasteiger charge is 2.62. The molecule has 14 rings (SSSR count). The standard InChI is InChI=1S/C68H54N2/c1-67(2)60-29-15-14-28-58(60)59-41-39-55(44-61(59)67)70(53-25-10-5-11-26-53)63-31-17-22-49-43-51-36-35-50-42-48-21-16-30-62(65(48)68(50,51)66(49)63)69(52-23-8-4-9-24-52)54-37-32-46(33-38-54)57-40-34-45-18-12-13-27-56(45)64(57)47-19-6-3-7-20-47/h3-34,37-41,44,50-51H,35-36,42-43H2,1-2H3. The van der Waals surface area contributed by atoms with Gasteiger partial charge in [0, 0.05) is 33.6 Å². The van der Waals surface area contributed by atoms with Gasteiger partial charge in [-0.2, -0.15) is 0 Å². The second-order valence-corrected chi connectivity index (χ2v) is 20.7. The number of rotatable bonds is 8. The van der Waals surface area contributed by atoms with Gasteiger partial charge in [-0.25, -0.2) is 0 Å². The van der Waals surface area contributed by atoms with Crippen LogP contribution >= 0.6 is 0 Å². The van der Waals surface area contributed by atoms with Gasteiger partial charge in [-0.1, -0.05) is 184 Å². The van der Waals surface area contributed by atoms with Crippen LogP contribution in [0.2, 0.25) is 0 Å². The summed E-state index contributed by atoms with van der Waals surface area (Å²) in [5, 5.41) is 2.53. The molecule has 70 heavy (non-hydrogen) atoms. The number of para-hydroxylation sites is 2. The molecule has 0 aliphatic heterocycles. The summed E-state index contributed by atoms with van der Waals surface area (Å²) in [5.74, 6) is 1.01. The molecule has 0 amide bonds. The van der Waals surface area contributed by atoms with E-state index in [1.807, 2.05) is 0 Å². The molecule has 4 aliphatic rings. The van der Waals surface area contributed by atoms with Crippen LogP contribution in [-0.2, 0) is 23.7 Å². The average Bonchev–Trinajstić information content (AvgIpc) is 4.11. The lowest BCUT2D eigenvalue weighted by molar-refractivity contribution is 0.350. The molecule has 2 heteroatoms. The molecule has 0 aromatic heterocycles. The maximum atomic E-state index is 2.61. The van der Waals surface area contributed by atoms with E-state index in [0.29, 0.717) is 11.8 Å². The molecule has 0 radical (unpaired) electrons. The Morgan fingerprint density at radius 2 is 0.900 bits per heavy atom. The lowest BCUT2D eigenvalue weighted by atomic mass is 9.68. The largest absolute Gasteiger partial charge is 0.310 e. The normalized spacial score (nSPS) is 18.7. The van der Waals surface area contributed by atoms with Crippen molar-refractivity contribution in [3.63, 3.8) is 0 Å². The monoisotopic (exact) mass is 898 g/mol. The van der Waals surface area contributed by atoms with Gasteiger partial charge < -0.3 is 9.80 Å². The molecule has 1 fully saturated rings. The number of benzene rings is 10. The van der Waals surface area contributed by atoms with Crippen molar-refractivity contribution in [1.29, 1.82) is 0 Å². The van der Waals surface area contributed by atoms with Crippen molar-refractivity contribution in [3.05, 3.63) is 264 Å². The summed E-state index contributed by atoms with van der Waals surface area (Å²) in [4.78, 5) is 5.18. The predicted molar refractivity (Wildman–Crippen MR) is 293 cm³/mol. The Morgan fingerprint density at radius 3 is 1.56 bits per heavy atom. The van der Waals surface area contributed by atoms with Crippen LogP contribution in [-0.4, -0.2) is 0 Å². The molecular weight excluding hydrogens is 845 g/mol. The summed E-state index contributed by atoms with van der Waals surface area (Å²) in [7, 11) is 0. The van der Waals surface area contributed by atoms with Gasteiger partial charge in [0.15, 0.2) is 0 Å². The Bertz CT molecular complexity index is 3640. The zero-order valence-corrected chi connectivity index (χ0v) is 39.8. The smallest absolute Gasteiger partial charge is 0.0505 e. The van der Waals surface area contributed by atoms with E-state index in [-0.39, 0.29) is 10.8 Å². The summed E-state index contributed by atoms with van der Waals surface area (Å²) in [6.07, 6.45) is 4.66. The molecule has 2 nitrogen and oxygen atoms in total. The highest BCUT2D eigenvalue weighted by molar-refractivity contribution is 6.04. The van der Waals surface area contributed by atoms with Crippen molar-refractivity contribution in [2.75, 3.05) is 9.80 Å². The van der Waals surface area contributed by atoms with Crippen molar-refractivity contribution in [2.24, 2.45) is 11.8 Å². The van der Waals surface area contributed by atoms with Gasteiger partial charge in [-0.3, -0.25) is 0 Å². The van der Waals surface area contributed by atoms with Gasteiger partial charge >= 0.3 is 0 Å². The van der Waals surface area contributed by atoms with E-state index in [4.69, 9.17) is 0 Å². The zero-order chi connectivity index (χ0) is 46.6. The fourth-order valence-corrected chi connectivity index (χ4v) is 14.1. The first-order valence-corrected chi connectivity index (χ1v) is 25.4. The molecule has 3 unspecified atom stereocenters. The quantitative estimate of drug-likeness (QED) is 0.150. The first-order valence-electron chi connectivity index (χ1n) is 25.4. The van der Waals surface area contributed by atoms with Gasteiger partial charge in [-0.15, -0.1) is 0 Å². The van der Waals surface area contributed by atoms with E-state index in [2.05, 4.69) is 254 Å². The summed E-state index contributed by atoms with van der Waals surface area (Å²) in [5.41, 5.74) is 23.6. The zero-order valence-electron chi connectivity index (χ0n) is 39.8. The maximum absolute atomic E-state index is 2.61. The fourth-order valence-electron chi connectivity index (χ4n) is 14.1. The van der Waals surface area contributed by atoms with Gasteiger partial charge in [-0.05, 0) is 176 Å². The molecule has 0 N–H and O–H groups in total. The topological polar surface area (TPSA) is 6.48 Å². The lowest BCUT2D eigenvalue weighted by Gasteiger charge is -2.40. The number of hydrogen-bond donors (Lipinski definition) is 0. The molecule has 10 aromatic carbocycles. The van der Waals surface area contributed by atoms with Gasteiger partial charge in [0.05, 0.1) is 11.4 Å². The molecule has 1 spiro atoms. The minimum atomic E-state index is -0.153. The Morgan fingerprint density at radius 1 is 0.386 bits per heavy atom. The Kier molecular flexibility index (Phi) is 9.27. The minimum Gasteiger partial charge on any atom is -0.310 e. The first-order chi connectivity index (χ1) is 34.5. The molecule has 10 aromatic rings. The lowest BCUT2D eigenvalue weighted by Crippen LogP contribution is -2.34. The number of nitrogens with zero attached hydrogens (tertiary/aromatic N) is 2. The van der Waals surface area contributed by atoms with Crippen LogP contribution in [0.5, 0.6) is 0 Å². The average molecular weight is 899 g/mol. The third-order valence-electron chi connectivity index (χ3n) is 16.9. The third kappa shape index (κ3) is 5.99. The van der Waals surface area contributed by atoms with E-state index < -0.39 is 0 Å². The van der Waals surface area contributed by atoms with Crippen LogP contribution in [0.1, 0.15) is 60.1 Å². The molecule has 0 saturated heterocycles. The Hall–Kier alpha value is -7.94. The highest BCUT2D eigenvalue weighted by Crippen LogP contribution is 2.69. The minimum absolute atomic E-state index is 0.110. The van der Waals surface area contributed by atoms with E-state index in [1.165, 1.54) is 124 Å². The number of hydrogen-bond acceptors (Lipinski definition) is 2. The summed E-state index contributed by atoms with van der Waals surface area (Å²) in [6.45, 7) is 4.80. The SMILES string of the molecule is CC1(C)c2ccccc2-c2ccc(N(c3ccccc3)c3cccc4c3C35c6c(cccc6N(c6ccccc6)c6ccc(-c7ccc8ccccc8c7-c7ccccc7)cc6)CC3CCC5C4)cc21. The summed E-state index contributed by atoms with van der Waals surface area (Å²) < 4.78 is 0. The Balaban J connectivity index is 0.947. The fraction of sp³-hybridized carbons (Fsp3) is 0.147. The molecule has 4 aliphatic carbocycles. The molecule has 0 bridgehead atoms. The molecule has 0 heterocycles. The van der Waals surface area contributed by atoms with Crippen LogP contribution in [0.25, 0.3) is 44.2 Å². The molecule has 336 valence electrons. The van der Waals surface area contributed by atoms with Crippen LogP contribution < -0.4 is 9.80 Å². The van der Waals surface area contributed by atoms with E-state index in [9.17, 15) is 0 Å². The van der Waals surface area contributed by atoms with E-state index >= 15 is 0 Å². The van der Waals surface area contributed by atoms with E-state index in [0.717, 1.165) is 12.8 Å². The van der Waals surface area contributed by atoms with E-state index in [1.54, 1.807) is 0 Å². The predicted octanol–water partition coefficient (Wildman–Crippen LogP) is 17.8. The second-order valence-electron chi connectivity index (χ2n) is 20.7. The second kappa shape index (κ2) is 15.8. The van der Waals surface area contributed by atoms with Crippen molar-refractivity contribution in [3.8, 4) is 33.4 Å². The third-order valence-corrected chi connectivity index (χ3v) is 16.9. The van der Waals surface area contributed by atoms with Crippen LogP contribution in [0.3, 0.4) is 0 Å². The highest BCUT2D eigenvalue weighted by atomic mass is 15.2. The molecule has 1 saturated carbocycles. The van der Waals surface area contributed by atoms with Crippen molar-refractivity contribution >= 4 is 44.9 Å². The maximum Gasteiger partial charge on any atom is 0.0505 e. The van der Waals surface area contributed by atoms with Crippen molar-refractivity contribution in [1.82, 2.24) is 0 Å². The van der Waals surface area contributed by atoms with Gasteiger partial charge in [0.1, 0.15) is 0 Å². The molecule has 3 atom stereocenters. The Labute approximate surface area is 412 Å². The summed E-state index contributed by atoms with van der Waals surface area (Å²) in [6, 6.07) is 86.7. The van der Waals surface area contributed by atoms with Crippen LogP contribution in [0, 0.1) is 11.8 Å². The number of fused-ring (bicyclic) bond motifs is 6.